The summed E-state index contributed by atoms with van der Waals surface area (Å²) in [4.78, 5) is 2.13. The molecule has 1 aromatic carbocycles. The van der Waals surface area contributed by atoms with Crippen LogP contribution in [-0.4, -0.2) is 13.1 Å². The molecule has 1 aromatic rings. The van der Waals surface area contributed by atoms with E-state index >= 15 is 0 Å². The van der Waals surface area contributed by atoms with Crippen LogP contribution >= 0.6 is 0 Å². The van der Waals surface area contributed by atoms with E-state index in [1.165, 1.54) is 25.3 Å². The molecule has 3 heteroatoms. The Morgan fingerprint density at radius 1 is 1.37 bits per heavy atom. The Kier molecular flexibility index (Phi) is 4.79. The van der Waals surface area contributed by atoms with Gasteiger partial charge >= 0.3 is 0 Å². The van der Waals surface area contributed by atoms with Crippen molar-refractivity contribution in [1.82, 2.24) is 0 Å². The second kappa shape index (κ2) is 6.56. The van der Waals surface area contributed by atoms with E-state index in [9.17, 15) is 4.39 Å². The molecule has 0 aliphatic carbocycles. The molecular formula is C16H21FN2. The lowest BCUT2D eigenvalue weighted by atomic mass is 9.96. The van der Waals surface area contributed by atoms with Crippen LogP contribution in [0.4, 0.5) is 10.1 Å². The summed E-state index contributed by atoms with van der Waals surface area (Å²) in [6.45, 7) is 4.07. The van der Waals surface area contributed by atoms with E-state index in [2.05, 4.69) is 11.8 Å². The van der Waals surface area contributed by atoms with Crippen molar-refractivity contribution in [2.24, 2.45) is 5.92 Å². The monoisotopic (exact) mass is 260 g/mol. The summed E-state index contributed by atoms with van der Waals surface area (Å²) in [5.41, 5.74) is 1.04. The molecule has 0 spiro atoms. The fourth-order valence-electron chi connectivity index (χ4n) is 2.94. The number of hydrogen-bond donors (Lipinski definition) is 0. The lowest BCUT2D eigenvalue weighted by Crippen LogP contribution is -2.25. The maximum absolute atomic E-state index is 14.0. The predicted octanol–water partition coefficient (Wildman–Crippen LogP) is 4.10. The normalized spacial score (nSPS) is 19.8. The molecule has 19 heavy (non-hydrogen) atoms. The predicted molar refractivity (Wildman–Crippen MR) is 75.6 cm³/mol. The van der Waals surface area contributed by atoms with Gasteiger partial charge in [0.05, 0.1) is 17.3 Å². The standard InChI is InChI=1S/C16H21FN2/c1-2-4-13-5-3-9-19(10-8-13)16-7-6-14(12-18)11-15(16)17/h6-7,11,13H,2-5,8-10H2,1H3. The Labute approximate surface area is 114 Å². The maximum Gasteiger partial charge on any atom is 0.147 e. The first kappa shape index (κ1) is 13.9. The Hall–Kier alpha value is -1.56. The van der Waals surface area contributed by atoms with Crippen molar-refractivity contribution >= 4 is 5.69 Å². The van der Waals surface area contributed by atoms with Gasteiger partial charge in [-0.1, -0.05) is 19.8 Å². The largest absolute Gasteiger partial charge is 0.369 e. The number of nitrogens with zero attached hydrogens (tertiary/aromatic N) is 2. The molecule has 0 aromatic heterocycles. The zero-order valence-electron chi connectivity index (χ0n) is 11.5. The van der Waals surface area contributed by atoms with Gasteiger partial charge in [-0.3, -0.25) is 0 Å². The van der Waals surface area contributed by atoms with Crippen LogP contribution in [-0.2, 0) is 0 Å². The number of nitriles is 1. The maximum atomic E-state index is 14.0. The highest BCUT2D eigenvalue weighted by atomic mass is 19.1. The Morgan fingerprint density at radius 3 is 2.89 bits per heavy atom. The molecule has 1 aliphatic heterocycles. The van der Waals surface area contributed by atoms with E-state index in [-0.39, 0.29) is 5.82 Å². The molecule has 2 nitrogen and oxygen atoms in total. The summed E-state index contributed by atoms with van der Waals surface area (Å²) in [7, 11) is 0. The summed E-state index contributed by atoms with van der Waals surface area (Å²) in [6.07, 6.45) is 6.04. The van der Waals surface area contributed by atoms with Crippen LogP contribution in [0.15, 0.2) is 18.2 Å². The Morgan fingerprint density at radius 2 is 2.21 bits per heavy atom. The molecule has 0 saturated carbocycles. The van der Waals surface area contributed by atoms with Gasteiger partial charge in [-0.25, -0.2) is 4.39 Å². The molecule has 0 radical (unpaired) electrons. The smallest absolute Gasteiger partial charge is 0.147 e. The van der Waals surface area contributed by atoms with Crippen LogP contribution in [0.5, 0.6) is 0 Å². The third kappa shape index (κ3) is 3.47. The van der Waals surface area contributed by atoms with Crippen molar-refractivity contribution in [2.75, 3.05) is 18.0 Å². The van der Waals surface area contributed by atoms with Crippen molar-refractivity contribution in [2.45, 2.75) is 39.0 Å². The molecule has 0 N–H and O–H groups in total. The lowest BCUT2D eigenvalue weighted by molar-refractivity contribution is 0.435. The van der Waals surface area contributed by atoms with Gasteiger partial charge < -0.3 is 4.90 Å². The van der Waals surface area contributed by atoms with Crippen LogP contribution in [0.1, 0.15) is 44.6 Å². The molecule has 0 amide bonds. The third-order valence-electron chi connectivity index (χ3n) is 3.96. The summed E-state index contributed by atoms with van der Waals surface area (Å²) < 4.78 is 14.0. The highest BCUT2D eigenvalue weighted by Crippen LogP contribution is 2.27. The number of hydrogen-bond acceptors (Lipinski definition) is 2. The van der Waals surface area contributed by atoms with Crippen molar-refractivity contribution < 1.29 is 4.39 Å². The van der Waals surface area contributed by atoms with Gasteiger partial charge in [0.25, 0.3) is 0 Å². The van der Waals surface area contributed by atoms with Gasteiger partial charge in [-0.15, -0.1) is 0 Å². The van der Waals surface area contributed by atoms with E-state index < -0.39 is 0 Å². The molecule has 102 valence electrons. The van der Waals surface area contributed by atoms with E-state index in [0.29, 0.717) is 11.3 Å². The second-order valence-electron chi connectivity index (χ2n) is 5.35. The number of halogens is 1. The highest BCUT2D eigenvalue weighted by molar-refractivity contribution is 5.51. The van der Waals surface area contributed by atoms with Crippen molar-refractivity contribution in [3.63, 3.8) is 0 Å². The molecule has 2 rings (SSSR count). The quantitative estimate of drug-likeness (QED) is 0.818. The topological polar surface area (TPSA) is 27.0 Å². The van der Waals surface area contributed by atoms with Crippen molar-refractivity contribution in [3.05, 3.63) is 29.6 Å². The van der Waals surface area contributed by atoms with Crippen molar-refractivity contribution in [3.8, 4) is 6.07 Å². The fraction of sp³-hybridized carbons (Fsp3) is 0.562. The van der Waals surface area contributed by atoms with Gasteiger partial charge in [0.15, 0.2) is 0 Å². The molecule has 0 bridgehead atoms. The van der Waals surface area contributed by atoms with Gasteiger partial charge in [0, 0.05) is 13.1 Å². The summed E-state index contributed by atoms with van der Waals surface area (Å²) in [6, 6.07) is 6.76. The first-order chi connectivity index (χ1) is 9.24. The highest BCUT2D eigenvalue weighted by Gasteiger charge is 2.18. The van der Waals surface area contributed by atoms with E-state index in [1.54, 1.807) is 12.1 Å². The molecule has 1 heterocycles. The first-order valence-electron chi connectivity index (χ1n) is 7.19. The van der Waals surface area contributed by atoms with Gasteiger partial charge in [0.1, 0.15) is 5.82 Å². The molecule has 1 atom stereocenters. The third-order valence-corrected chi connectivity index (χ3v) is 3.96. The van der Waals surface area contributed by atoms with Gasteiger partial charge in [-0.2, -0.15) is 5.26 Å². The minimum absolute atomic E-state index is 0.270. The van der Waals surface area contributed by atoms with E-state index in [1.807, 2.05) is 6.07 Å². The zero-order chi connectivity index (χ0) is 13.7. The minimum Gasteiger partial charge on any atom is -0.369 e. The second-order valence-corrected chi connectivity index (χ2v) is 5.35. The van der Waals surface area contributed by atoms with Crippen LogP contribution in [0, 0.1) is 23.1 Å². The SMILES string of the molecule is CCCC1CCCN(c2ccc(C#N)cc2F)CC1. The summed E-state index contributed by atoms with van der Waals surface area (Å²) in [5.74, 6) is 0.518. The average Bonchev–Trinajstić information content (AvgIpc) is 2.65. The fourth-order valence-corrected chi connectivity index (χ4v) is 2.94. The minimum atomic E-state index is -0.270. The number of benzene rings is 1. The Balaban J connectivity index is 2.08. The van der Waals surface area contributed by atoms with Gasteiger partial charge in [-0.05, 0) is 43.4 Å². The first-order valence-corrected chi connectivity index (χ1v) is 7.19. The number of anilines is 1. The number of rotatable bonds is 3. The van der Waals surface area contributed by atoms with Crippen LogP contribution in [0.3, 0.4) is 0 Å². The molecule has 1 unspecified atom stereocenters. The molecular weight excluding hydrogens is 239 g/mol. The average molecular weight is 260 g/mol. The molecule has 1 saturated heterocycles. The van der Waals surface area contributed by atoms with E-state index in [4.69, 9.17) is 5.26 Å². The van der Waals surface area contributed by atoms with Gasteiger partial charge in [0.2, 0.25) is 0 Å². The van der Waals surface area contributed by atoms with Crippen molar-refractivity contribution in [1.29, 1.82) is 5.26 Å². The Bertz CT molecular complexity index is 464. The summed E-state index contributed by atoms with van der Waals surface area (Å²) in [5, 5.41) is 8.77. The zero-order valence-corrected chi connectivity index (χ0v) is 11.5. The lowest BCUT2D eigenvalue weighted by Gasteiger charge is -2.23. The van der Waals surface area contributed by atoms with Crippen LogP contribution in [0.25, 0.3) is 0 Å². The summed E-state index contributed by atoms with van der Waals surface area (Å²) >= 11 is 0. The van der Waals surface area contributed by atoms with E-state index in [0.717, 1.165) is 31.8 Å². The molecule has 1 aliphatic rings. The van der Waals surface area contributed by atoms with Crippen LogP contribution < -0.4 is 4.90 Å². The van der Waals surface area contributed by atoms with Crippen LogP contribution in [0.2, 0.25) is 0 Å². The molecule has 1 fully saturated rings.